The number of nitrogens with zero attached hydrogens (tertiary/aromatic N) is 1. The number of hydrogen-bond acceptors (Lipinski definition) is 1. The lowest BCUT2D eigenvalue weighted by Gasteiger charge is -2.27. The third-order valence-corrected chi connectivity index (χ3v) is 4.72. The first-order valence-corrected chi connectivity index (χ1v) is 8.27. The molecule has 1 aliphatic carbocycles. The highest BCUT2D eigenvalue weighted by Crippen LogP contribution is 2.29. The van der Waals surface area contributed by atoms with Gasteiger partial charge < -0.3 is 15.2 Å². The molecule has 1 unspecified atom stereocenters. The van der Waals surface area contributed by atoms with Gasteiger partial charge in [0.25, 0.3) is 0 Å². The van der Waals surface area contributed by atoms with E-state index in [4.69, 9.17) is 0 Å². The SMILES string of the molecule is CCN(CC)C(=O)NC1CCc2c([nH]c3ccc(C)cc23)C1. The minimum absolute atomic E-state index is 0.0606. The van der Waals surface area contributed by atoms with E-state index in [0.29, 0.717) is 0 Å². The average Bonchev–Trinajstić information content (AvgIpc) is 2.85. The summed E-state index contributed by atoms with van der Waals surface area (Å²) in [5.74, 6) is 0. The molecule has 3 rings (SSSR count). The minimum Gasteiger partial charge on any atom is -0.358 e. The summed E-state index contributed by atoms with van der Waals surface area (Å²) >= 11 is 0. The summed E-state index contributed by atoms with van der Waals surface area (Å²) in [4.78, 5) is 17.6. The smallest absolute Gasteiger partial charge is 0.317 e. The Hall–Kier alpha value is -1.97. The second-order valence-electron chi connectivity index (χ2n) is 6.19. The third-order valence-electron chi connectivity index (χ3n) is 4.72. The molecule has 1 heterocycles. The second kappa shape index (κ2) is 6.03. The van der Waals surface area contributed by atoms with Crippen LogP contribution in [-0.2, 0) is 12.8 Å². The van der Waals surface area contributed by atoms with Crippen molar-refractivity contribution in [1.29, 1.82) is 0 Å². The molecule has 1 atom stereocenters. The van der Waals surface area contributed by atoms with E-state index in [1.54, 1.807) is 0 Å². The Morgan fingerprint density at radius 1 is 1.36 bits per heavy atom. The number of H-pyrrole nitrogens is 1. The standard InChI is InChI=1S/C18H25N3O/c1-4-21(5-2)18(22)19-13-7-8-14-15-10-12(3)6-9-16(15)20-17(14)11-13/h6,9-10,13,20H,4-5,7-8,11H2,1-3H3,(H,19,22). The number of carbonyl (C=O) groups excluding carboxylic acids is 1. The van der Waals surface area contributed by atoms with E-state index in [-0.39, 0.29) is 12.1 Å². The molecule has 2 N–H and O–H groups in total. The first kappa shape index (κ1) is 14.9. The van der Waals surface area contributed by atoms with Gasteiger partial charge in [-0.25, -0.2) is 4.79 Å². The Balaban J connectivity index is 1.77. The molecule has 0 fully saturated rings. The summed E-state index contributed by atoms with van der Waals surface area (Å²) in [5, 5.41) is 4.53. The molecule has 0 bridgehead atoms. The van der Waals surface area contributed by atoms with Crippen molar-refractivity contribution < 1.29 is 4.79 Å². The molecule has 4 heteroatoms. The van der Waals surface area contributed by atoms with Gasteiger partial charge >= 0.3 is 6.03 Å². The lowest BCUT2D eigenvalue weighted by Crippen LogP contribution is -2.46. The summed E-state index contributed by atoms with van der Waals surface area (Å²) in [6.07, 6.45) is 2.94. The Labute approximate surface area is 131 Å². The van der Waals surface area contributed by atoms with Crippen molar-refractivity contribution in [3.8, 4) is 0 Å². The van der Waals surface area contributed by atoms with Crippen molar-refractivity contribution in [3.05, 3.63) is 35.0 Å². The zero-order valence-corrected chi connectivity index (χ0v) is 13.7. The van der Waals surface area contributed by atoms with E-state index in [1.165, 1.54) is 27.7 Å². The number of hydrogen-bond donors (Lipinski definition) is 2. The number of benzene rings is 1. The topological polar surface area (TPSA) is 48.1 Å². The molecule has 0 saturated heterocycles. The number of fused-ring (bicyclic) bond motifs is 3. The molecule has 0 radical (unpaired) electrons. The van der Waals surface area contributed by atoms with Crippen LogP contribution >= 0.6 is 0 Å². The fraction of sp³-hybridized carbons (Fsp3) is 0.500. The van der Waals surface area contributed by atoms with Gasteiger partial charge in [0.15, 0.2) is 0 Å². The molecule has 2 aromatic rings. The molecule has 1 aliphatic rings. The Bertz CT molecular complexity index is 685. The molecule has 2 amide bonds. The van der Waals surface area contributed by atoms with E-state index < -0.39 is 0 Å². The molecule has 1 aromatic heterocycles. The van der Waals surface area contributed by atoms with Gasteiger partial charge in [-0.15, -0.1) is 0 Å². The molecule has 22 heavy (non-hydrogen) atoms. The maximum absolute atomic E-state index is 12.2. The van der Waals surface area contributed by atoms with Gasteiger partial charge in [0.05, 0.1) is 0 Å². The van der Waals surface area contributed by atoms with Gasteiger partial charge in [0.1, 0.15) is 0 Å². The summed E-state index contributed by atoms with van der Waals surface area (Å²) in [5.41, 5.74) is 5.24. The van der Waals surface area contributed by atoms with Gasteiger partial charge in [0, 0.05) is 42.1 Å². The van der Waals surface area contributed by atoms with Crippen LogP contribution in [0.5, 0.6) is 0 Å². The fourth-order valence-electron chi connectivity index (χ4n) is 3.44. The quantitative estimate of drug-likeness (QED) is 0.896. The first-order chi connectivity index (χ1) is 10.6. The normalized spacial score (nSPS) is 17.3. The summed E-state index contributed by atoms with van der Waals surface area (Å²) < 4.78 is 0. The first-order valence-electron chi connectivity index (χ1n) is 8.27. The number of aryl methyl sites for hydroxylation is 2. The van der Waals surface area contributed by atoms with Crippen molar-refractivity contribution >= 4 is 16.9 Å². The van der Waals surface area contributed by atoms with Crippen molar-refractivity contribution in [2.45, 2.75) is 46.1 Å². The van der Waals surface area contributed by atoms with Gasteiger partial charge in [-0.3, -0.25) is 0 Å². The Morgan fingerprint density at radius 2 is 2.14 bits per heavy atom. The zero-order valence-electron chi connectivity index (χ0n) is 13.7. The molecule has 0 saturated carbocycles. The van der Waals surface area contributed by atoms with Crippen LogP contribution in [0.2, 0.25) is 0 Å². The molecule has 118 valence electrons. The maximum Gasteiger partial charge on any atom is 0.317 e. The lowest BCUT2D eigenvalue weighted by molar-refractivity contribution is 0.197. The highest BCUT2D eigenvalue weighted by atomic mass is 16.2. The van der Waals surface area contributed by atoms with Crippen LogP contribution in [-0.4, -0.2) is 35.0 Å². The van der Waals surface area contributed by atoms with Crippen LogP contribution in [0.4, 0.5) is 4.79 Å². The number of nitrogens with one attached hydrogen (secondary N) is 2. The zero-order chi connectivity index (χ0) is 15.7. The van der Waals surface area contributed by atoms with Crippen LogP contribution in [0.15, 0.2) is 18.2 Å². The van der Waals surface area contributed by atoms with Crippen LogP contribution in [0.1, 0.15) is 37.1 Å². The summed E-state index contributed by atoms with van der Waals surface area (Å²) in [6, 6.07) is 6.86. The van der Waals surface area contributed by atoms with Crippen molar-refractivity contribution in [1.82, 2.24) is 15.2 Å². The van der Waals surface area contributed by atoms with Crippen LogP contribution in [0.25, 0.3) is 10.9 Å². The predicted molar refractivity (Wildman–Crippen MR) is 90.3 cm³/mol. The van der Waals surface area contributed by atoms with Gasteiger partial charge in [-0.2, -0.15) is 0 Å². The predicted octanol–water partition coefficient (Wildman–Crippen LogP) is 3.39. The highest BCUT2D eigenvalue weighted by Gasteiger charge is 2.24. The lowest BCUT2D eigenvalue weighted by atomic mass is 9.91. The number of aromatic nitrogens is 1. The number of urea groups is 1. The van der Waals surface area contributed by atoms with Gasteiger partial charge in [0.2, 0.25) is 0 Å². The molecule has 1 aromatic carbocycles. The highest BCUT2D eigenvalue weighted by molar-refractivity contribution is 5.85. The number of rotatable bonds is 3. The van der Waals surface area contributed by atoms with Crippen LogP contribution < -0.4 is 5.32 Å². The Kier molecular flexibility index (Phi) is 4.10. The largest absolute Gasteiger partial charge is 0.358 e. The molecule has 0 aliphatic heterocycles. The monoisotopic (exact) mass is 299 g/mol. The van der Waals surface area contributed by atoms with Gasteiger partial charge in [-0.1, -0.05) is 11.6 Å². The van der Waals surface area contributed by atoms with Crippen molar-refractivity contribution in [2.75, 3.05) is 13.1 Å². The number of aromatic amines is 1. The maximum atomic E-state index is 12.2. The van der Waals surface area contributed by atoms with E-state index in [9.17, 15) is 4.79 Å². The van der Waals surface area contributed by atoms with Crippen LogP contribution in [0.3, 0.4) is 0 Å². The third kappa shape index (κ3) is 2.70. The van der Waals surface area contributed by atoms with Crippen molar-refractivity contribution in [3.63, 3.8) is 0 Å². The average molecular weight is 299 g/mol. The number of amides is 2. The summed E-state index contributed by atoms with van der Waals surface area (Å²) in [7, 11) is 0. The van der Waals surface area contributed by atoms with E-state index in [1.807, 2.05) is 18.7 Å². The second-order valence-corrected chi connectivity index (χ2v) is 6.19. The van der Waals surface area contributed by atoms with E-state index in [0.717, 1.165) is 32.4 Å². The van der Waals surface area contributed by atoms with Crippen LogP contribution in [0, 0.1) is 6.92 Å². The van der Waals surface area contributed by atoms with Gasteiger partial charge in [-0.05, 0) is 51.3 Å². The molecule has 0 spiro atoms. The Morgan fingerprint density at radius 3 is 2.86 bits per heavy atom. The molecular weight excluding hydrogens is 274 g/mol. The minimum atomic E-state index is 0.0606. The van der Waals surface area contributed by atoms with E-state index >= 15 is 0 Å². The summed E-state index contributed by atoms with van der Waals surface area (Å²) in [6.45, 7) is 7.68. The van der Waals surface area contributed by atoms with Crippen molar-refractivity contribution in [2.24, 2.45) is 0 Å². The molecule has 4 nitrogen and oxygen atoms in total. The fourth-order valence-corrected chi connectivity index (χ4v) is 3.44. The molecular formula is C18H25N3O. The van der Waals surface area contributed by atoms with E-state index in [2.05, 4.69) is 35.4 Å². The number of carbonyl (C=O) groups is 1.